The Balaban J connectivity index is 1.85. The molecule has 2 saturated carbocycles. The van der Waals surface area contributed by atoms with Gasteiger partial charge in [-0.15, -0.1) is 0 Å². The van der Waals surface area contributed by atoms with E-state index in [0.717, 1.165) is 23.9 Å². The molecule has 2 aromatic heterocycles. The summed E-state index contributed by atoms with van der Waals surface area (Å²) in [7, 11) is 0. The smallest absolute Gasteiger partial charge is 0.0997 e. The quantitative estimate of drug-likeness (QED) is 0.810. The second-order valence-corrected chi connectivity index (χ2v) is 5.29. The number of hydrogen-bond donors (Lipinski definition) is 1. The highest BCUT2D eigenvalue weighted by Gasteiger charge is 2.65. The van der Waals surface area contributed by atoms with Gasteiger partial charge in [-0.2, -0.15) is 5.10 Å². The molecular weight excluding hydrogens is 214 g/mol. The Kier molecular flexibility index (Phi) is 1.73. The molecule has 2 unspecified atom stereocenters. The number of aromatic nitrogens is 3. The zero-order valence-electron chi connectivity index (χ0n) is 9.58. The van der Waals surface area contributed by atoms with Crippen molar-refractivity contribution in [1.82, 2.24) is 14.6 Å². The van der Waals surface area contributed by atoms with E-state index in [9.17, 15) is 5.11 Å². The molecule has 0 radical (unpaired) electrons. The lowest BCUT2D eigenvalue weighted by Crippen LogP contribution is -2.09. The molecule has 2 fully saturated rings. The first-order valence-electron chi connectivity index (χ1n) is 6.32. The Bertz CT molecular complexity index is 565. The Labute approximate surface area is 99.3 Å². The molecule has 2 aromatic rings. The highest BCUT2D eigenvalue weighted by atomic mass is 16.3. The predicted octanol–water partition coefficient (Wildman–Crippen LogP) is 1.74. The third-order valence-corrected chi connectivity index (χ3v) is 4.54. The third kappa shape index (κ3) is 1.11. The average Bonchev–Trinajstić information content (AvgIpc) is 2.80. The van der Waals surface area contributed by atoms with E-state index in [1.807, 2.05) is 12.4 Å². The summed E-state index contributed by atoms with van der Waals surface area (Å²) in [5, 5.41) is 15.2. The lowest BCUT2D eigenvalue weighted by atomic mass is 10.0. The minimum absolute atomic E-state index is 0.449. The zero-order valence-corrected chi connectivity index (χ0v) is 9.58. The summed E-state index contributed by atoms with van der Waals surface area (Å²) >= 11 is 0. The molecule has 88 valence electrons. The minimum Gasteiger partial charge on any atom is -0.384 e. The molecule has 2 aliphatic carbocycles. The monoisotopic (exact) mass is 229 g/mol. The van der Waals surface area contributed by atoms with Crippen LogP contribution in [-0.2, 0) is 5.60 Å². The second-order valence-electron chi connectivity index (χ2n) is 5.29. The van der Waals surface area contributed by atoms with Crippen LogP contribution in [0.15, 0.2) is 24.8 Å². The van der Waals surface area contributed by atoms with Crippen molar-refractivity contribution in [1.29, 1.82) is 0 Å². The van der Waals surface area contributed by atoms with Gasteiger partial charge < -0.3 is 5.11 Å². The van der Waals surface area contributed by atoms with Crippen LogP contribution in [0.2, 0.25) is 0 Å². The SMILES string of the molecule is OC1(c2cnn3ccncc23)C2CCCCC21. The van der Waals surface area contributed by atoms with E-state index in [-0.39, 0.29) is 0 Å². The topological polar surface area (TPSA) is 50.4 Å². The predicted molar refractivity (Wildman–Crippen MR) is 62.3 cm³/mol. The maximum atomic E-state index is 10.9. The van der Waals surface area contributed by atoms with E-state index in [2.05, 4.69) is 10.1 Å². The van der Waals surface area contributed by atoms with Crippen LogP contribution in [0.5, 0.6) is 0 Å². The summed E-state index contributed by atoms with van der Waals surface area (Å²) < 4.78 is 1.80. The van der Waals surface area contributed by atoms with E-state index in [0.29, 0.717) is 11.8 Å². The van der Waals surface area contributed by atoms with Gasteiger partial charge in [-0.05, 0) is 24.7 Å². The number of aliphatic hydroxyl groups is 1. The second kappa shape index (κ2) is 3.07. The molecule has 4 nitrogen and oxygen atoms in total. The first-order valence-corrected chi connectivity index (χ1v) is 6.32. The van der Waals surface area contributed by atoms with Gasteiger partial charge in [0.05, 0.1) is 23.5 Å². The van der Waals surface area contributed by atoms with Crippen molar-refractivity contribution in [2.75, 3.05) is 0 Å². The van der Waals surface area contributed by atoms with Crippen LogP contribution in [0.25, 0.3) is 5.52 Å². The summed E-state index contributed by atoms with van der Waals surface area (Å²) in [6.45, 7) is 0. The molecule has 2 atom stereocenters. The summed E-state index contributed by atoms with van der Waals surface area (Å²) in [6.07, 6.45) is 12.0. The highest BCUT2D eigenvalue weighted by Crippen LogP contribution is 2.64. The first kappa shape index (κ1) is 9.59. The van der Waals surface area contributed by atoms with Gasteiger partial charge in [0, 0.05) is 18.0 Å². The van der Waals surface area contributed by atoms with Gasteiger partial charge in [0.25, 0.3) is 0 Å². The lowest BCUT2D eigenvalue weighted by molar-refractivity contribution is 0.119. The fourth-order valence-electron chi connectivity index (χ4n) is 3.64. The van der Waals surface area contributed by atoms with Crippen molar-refractivity contribution in [3.05, 3.63) is 30.4 Å². The van der Waals surface area contributed by atoms with Crippen LogP contribution in [0.4, 0.5) is 0 Å². The Morgan fingerprint density at radius 1 is 1.24 bits per heavy atom. The molecule has 4 rings (SSSR count). The number of fused-ring (bicyclic) bond motifs is 2. The van der Waals surface area contributed by atoms with Crippen LogP contribution in [-0.4, -0.2) is 19.7 Å². The van der Waals surface area contributed by atoms with Crippen LogP contribution in [0.3, 0.4) is 0 Å². The largest absolute Gasteiger partial charge is 0.384 e. The van der Waals surface area contributed by atoms with Gasteiger partial charge in [-0.1, -0.05) is 12.8 Å². The van der Waals surface area contributed by atoms with Crippen LogP contribution in [0.1, 0.15) is 31.2 Å². The Morgan fingerprint density at radius 3 is 2.76 bits per heavy atom. The molecule has 0 aromatic carbocycles. The summed E-state index contributed by atoms with van der Waals surface area (Å²) in [5.41, 5.74) is 1.30. The number of rotatable bonds is 1. The maximum absolute atomic E-state index is 10.9. The Morgan fingerprint density at radius 2 is 2.00 bits per heavy atom. The van der Waals surface area contributed by atoms with Crippen LogP contribution < -0.4 is 0 Å². The standard InChI is InChI=1S/C13H15N3O/c17-13(9-3-1-2-4-10(9)13)11-7-15-16-6-5-14-8-12(11)16/h5-10,17H,1-4H2. The van der Waals surface area contributed by atoms with Crippen molar-refractivity contribution in [3.8, 4) is 0 Å². The minimum atomic E-state index is -0.624. The molecular formula is C13H15N3O. The molecule has 0 saturated heterocycles. The number of hydrogen-bond acceptors (Lipinski definition) is 3. The van der Waals surface area contributed by atoms with Crippen LogP contribution in [0, 0.1) is 11.8 Å². The molecule has 0 aliphatic heterocycles. The first-order chi connectivity index (χ1) is 8.32. The number of nitrogens with zero attached hydrogens (tertiary/aromatic N) is 3. The van der Waals surface area contributed by atoms with Crippen molar-refractivity contribution >= 4 is 5.52 Å². The summed E-state index contributed by atoms with van der Waals surface area (Å²) in [6, 6.07) is 0. The molecule has 4 heteroatoms. The molecule has 0 spiro atoms. The normalized spacial score (nSPS) is 35.8. The summed E-state index contributed by atoms with van der Waals surface area (Å²) in [5.74, 6) is 0.897. The van der Waals surface area contributed by atoms with Gasteiger partial charge in [-0.25, -0.2) is 4.52 Å². The fraction of sp³-hybridized carbons (Fsp3) is 0.538. The zero-order chi connectivity index (χ0) is 11.5. The van der Waals surface area contributed by atoms with Crippen molar-refractivity contribution in [2.45, 2.75) is 31.3 Å². The molecule has 2 aliphatic rings. The molecule has 17 heavy (non-hydrogen) atoms. The molecule has 0 bridgehead atoms. The van der Waals surface area contributed by atoms with E-state index in [1.54, 1.807) is 16.9 Å². The van der Waals surface area contributed by atoms with E-state index in [4.69, 9.17) is 0 Å². The van der Waals surface area contributed by atoms with Gasteiger partial charge >= 0.3 is 0 Å². The van der Waals surface area contributed by atoms with E-state index < -0.39 is 5.60 Å². The maximum Gasteiger partial charge on any atom is 0.0997 e. The van der Waals surface area contributed by atoms with Crippen LogP contribution >= 0.6 is 0 Å². The summed E-state index contributed by atoms with van der Waals surface area (Å²) in [4.78, 5) is 4.13. The molecule has 0 amide bonds. The van der Waals surface area contributed by atoms with E-state index in [1.165, 1.54) is 12.8 Å². The Hall–Kier alpha value is -1.42. The van der Waals surface area contributed by atoms with Gasteiger partial charge in [0.2, 0.25) is 0 Å². The molecule has 2 heterocycles. The fourth-order valence-corrected chi connectivity index (χ4v) is 3.64. The van der Waals surface area contributed by atoms with Gasteiger partial charge in [0.15, 0.2) is 0 Å². The lowest BCUT2D eigenvalue weighted by Gasteiger charge is -2.08. The van der Waals surface area contributed by atoms with Crippen molar-refractivity contribution in [3.63, 3.8) is 0 Å². The third-order valence-electron chi connectivity index (χ3n) is 4.54. The molecule has 1 N–H and O–H groups in total. The van der Waals surface area contributed by atoms with Gasteiger partial charge in [-0.3, -0.25) is 4.98 Å². The van der Waals surface area contributed by atoms with Crippen molar-refractivity contribution < 1.29 is 5.11 Å². The van der Waals surface area contributed by atoms with E-state index >= 15 is 0 Å². The average molecular weight is 229 g/mol. The van der Waals surface area contributed by atoms with Crippen molar-refractivity contribution in [2.24, 2.45) is 11.8 Å². The van der Waals surface area contributed by atoms with Gasteiger partial charge in [0.1, 0.15) is 0 Å². The highest BCUT2D eigenvalue weighted by molar-refractivity contribution is 5.57.